The van der Waals surface area contributed by atoms with Crippen LogP contribution in [0.5, 0.6) is 0 Å². The summed E-state index contributed by atoms with van der Waals surface area (Å²) in [7, 11) is 0. The van der Waals surface area contributed by atoms with Crippen LogP contribution >= 0.6 is 11.6 Å². The lowest BCUT2D eigenvalue weighted by Gasteiger charge is -2.33. The molecule has 2 heterocycles. The van der Waals surface area contributed by atoms with Gasteiger partial charge in [-0.25, -0.2) is 9.97 Å². The van der Waals surface area contributed by atoms with Crippen molar-refractivity contribution in [3.63, 3.8) is 0 Å². The highest BCUT2D eigenvalue weighted by molar-refractivity contribution is 6.30. The largest absolute Gasteiger partial charge is 0.356 e. The maximum atomic E-state index is 6.29. The van der Waals surface area contributed by atoms with E-state index in [4.69, 9.17) is 16.6 Å². The Hall–Kier alpha value is -0.830. The summed E-state index contributed by atoms with van der Waals surface area (Å²) in [4.78, 5) is 11.7. The predicted molar refractivity (Wildman–Crippen MR) is 79.0 cm³/mol. The molecule has 1 aliphatic heterocycles. The van der Waals surface area contributed by atoms with Gasteiger partial charge in [-0.2, -0.15) is 0 Å². The zero-order chi connectivity index (χ0) is 13.4. The van der Waals surface area contributed by atoms with Gasteiger partial charge in [-0.1, -0.05) is 24.9 Å². The summed E-state index contributed by atoms with van der Waals surface area (Å²) in [6.07, 6.45) is 6.28. The summed E-state index contributed by atoms with van der Waals surface area (Å²) in [6, 6.07) is 0. The van der Waals surface area contributed by atoms with Gasteiger partial charge in [-0.3, -0.25) is 0 Å². The second kappa shape index (κ2) is 5.28. The van der Waals surface area contributed by atoms with Gasteiger partial charge in [-0.05, 0) is 38.5 Å². The van der Waals surface area contributed by atoms with E-state index in [0.717, 1.165) is 36.2 Å². The second-order valence-electron chi connectivity index (χ2n) is 5.93. The number of halogens is 1. The van der Waals surface area contributed by atoms with E-state index in [1.807, 2.05) is 6.92 Å². The normalized spacial score (nSPS) is 20.9. The van der Waals surface area contributed by atoms with E-state index in [9.17, 15) is 0 Å². The fraction of sp³-hybridized carbons (Fsp3) is 0.733. The maximum absolute atomic E-state index is 6.29. The van der Waals surface area contributed by atoms with Crippen LogP contribution in [0, 0.1) is 12.8 Å². The molecule has 0 amide bonds. The van der Waals surface area contributed by atoms with Gasteiger partial charge in [0.15, 0.2) is 0 Å². The molecule has 19 heavy (non-hydrogen) atoms. The molecule has 1 saturated carbocycles. The molecule has 1 aliphatic carbocycles. The van der Waals surface area contributed by atoms with E-state index in [-0.39, 0.29) is 0 Å². The van der Waals surface area contributed by atoms with Crippen LogP contribution < -0.4 is 4.90 Å². The highest BCUT2D eigenvalue weighted by Crippen LogP contribution is 2.40. The molecule has 2 aliphatic rings. The molecule has 3 nitrogen and oxygen atoms in total. The summed E-state index contributed by atoms with van der Waals surface area (Å²) in [5.74, 6) is 3.49. The Balaban J connectivity index is 1.83. The van der Waals surface area contributed by atoms with E-state index >= 15 is 0 Å². The Bertz CT molecular complexity index is 463. The van der Waals surface area contributed by atoms with Crippen molar-refractivity contribution in [1.29, 1.82) is 0 Å². The first-order valence-corrected chi connectivity index (χ1v) is 7.85. The number of hydrogen-bond acceptors (Lipinski definition) is 3. The van der Waals surface area contributed by atoms with Gasteiger partial charge in [-0.15, -0.1) is 0 Å². The average molecular weight is 280 g/mol. The van der Waals surface area contributed by atoms with E-state index < -0.39 is 0 Å². The first-order valence-electron chi connectivity index (χ1n) is 7.48. The minimum Gasteiger partial charge on any atom is -0.356 e. The van der Waals surface area contributed by atoms with E-state index in [0.29, 0.717) is 11.1 Å². The summed E-state index contributed by atoms with van der Waals surface area (Å²) >= 11 is 6.29. The van der Waals surface area contributed by atoms with Crippen molar-refractivity contribution in [2.24, 2.45) is 5.92 Å². The molecule has 3 rings (SSSR count). The van der Waals surface area contributed by atoms with Crippen LogP contribution in [0.4, 0.5) is 5.82 Å². The van der Waals surface area contributed by atoms with Crippen LogP contribution in [0.15, 0.2) is 0 Å². The lowest BCUT2D eigenvalue weighted by molar-refractivity contribution is 0.393. The Morgan fingerprint density at radius 1 is 1.16 bits per heavy atom. The smallest absolute Gasteiger partial charge is 0.137 e. The van der Waals surface area contributed by atoms with Crippen LogP contribution in [0.2, 0.25) is 5.15 Å². The van der Waals surface area contributed by atoms with Crippen molar-refractivity contribution in [1.82, 2.24) is 9.97 Å². The van der Waals surface area contributed by atoms with Gasteiger partial charge in [0.2, 0.25) is 0 Å². The fourth-order valence-electron chi connectivity index (χ4n) is 2.88. The molecule has 0 N–H and O–H groups in total. The monoisotopic (exact) mass is 279 g/mol. The number of piperidine rings is 1. The van der Waals surface area contributed by atoms with Crippen LogP contribution in [-0.4, -0.2) is 23.1 Å². The molecule has 0 radical (unpaired) electrons. The molecule has 0 unspecified atom stereocenters. The highest BCUT2D eigenvalue weighted by atomic mass is 35.5. The molecule has 4 heteroatoms. The fourth-order valence-corrected chi connectivity index (χ4v) is 3.05. The summed E-state index contributed by atoms with van der Waals surface area (Å²) < 4.78 is 0. The van der Waals surface area contributed by atoms with E-state index in [2.05, 4.69) is 16.8 Å². The Kier molecular flexibility index (Phi) is 3.66. The zero-order valence-electron chi connectivity index (χ0n) is 11.8. The molecular weight excluding hydrogens is 258 g/mol. The van der Waals surface area contributed by atoms with Gasteiger partial charge in [0.25, 0.3) is 0 Å². The standard InChI is InChI=1S/C15H22ClN3/c1-3-11-6-8-19(9-7-11)15-10(2)13(16)17-14(18-15)12-4-5-12/h11-12H,3-9H2,1-2H3. The third kappa shape index (κ3) is 2.71. The maximum Gasteiger partial charge on any atom is 0.137 e. The van der Waals surface area contributed by atoms with Crippen LogP contribution in [0.25, 0.3) is 0 Å². The molecule has 1 aromatic rings. The highest BCUT2D eigenvalue weighted by Gasteiger charge is 2.29. The van der Waals surface area contributed by atoms with Crippen molar-refractivity contribution in [2.45, 2.75) is 51.9 Å². The van der Waals surface area contributed by atoms with Gasteiger partial charge in [0.1, 0.15) is 16.8 Å². The second-order valence-corrected chi connectivity index (χ2v) is 6.29. The van der Waals surface area contributed by atoms with Crippen LogP contribution in [0.1, 0.15) is 56.3 Å². The van der Waals surface area contributed by atoms with E-state index in [1.54, 1.807) is 0 Å². The Morgan fingerprint density at radius 2 is 1.84 bits per heavy atom. The Labute approximate surface area is 120 Å². The van der Waals surface area contributed by atoms with Crippen molar-refractivity contribution in [2.75, 3.05) is 18.0 Å². The van der Waals surface area contributed by atoms with Gasteiger partial charge in [0.05, 0.1) is 0 Å². The van der Waals surface area contributed by atoms with Crippen molar-refractivity contribution < 1.29 is 0 Å². The summed E-state index contributed by atoms with van der Waals surface area (Å²) in [6.45, 7) is 6.55. The number of hydrogen-bond donors (Lipinski definition) is 0. The number of anilines is 1. The lowest BCUT2D eigenvalue weighted by atomic mass is 9.94. The van der Waals surface area contributed by atoms with E-state index in [1.165, 1.54) is 32.1 Å². The minimum atomic E-state index is 0.560. The number of nitrogens with zero attached hydrogens (tertiary/aromatic N) is 3. The molecular formula is C15H22ClN3. The molecule has 0 atom stereocenters. The van der Waals surface area contributed by atoms with Crippen molar-refractivity contribution in [3.05, 3.63) is 16.5 Å². The first-order chi connectivity index (χ1) is 9.19. The van der Waals surface area contributed by atoms with Gasteiger partial charge >= 0.3 is 0 Å². The summed E-state index contributed by atoms with van der Waals surface area (Å²) in [5.41, 5.74) is 1.04. The van der Waals surface area contributed by atoms with Gasteiger partial charge in [0, 0.05) is 24.6 Å². The first kappa shape index (κ1) is 13.2. The molecule has 0 aromatic carbocycles. The molecule has 104 valence electrons. The minimum absolute atomic E-state index is 0.560. The third-order valence-electron chi connectivity index (χ3n) is 4.51. The Morgan fingerprint density at radius 3 is 2.42 bits per heavy atom. The van der Waals surface area contributed by atoms with Crippen molar-refractivity contribution in [3.8, 4) is 0 Å². The molecule has 1 saturated heterocycles. The molecule has 1 aromatic heterocycles. The average Bonchev–Trinajstić information content (AvgIpc) is 3.26. The van der Waals surface area contributed by atoms with Crippen LogP contribution in [-0.2, 0) is 0 Å². The quantitative estimate of drug-likeness (QED) is 0.785. The predicted octanol–water partition coefficient (Wildman–Crippen LogP) is 3.94. The molecule has 0 bridgehead atoms. The number of rotatable bonds is 3. The summed E-state index contributed by atoms with van der Waals surface area (Å²) in [5, 5.41) is 0.643. The van der Waals surface area contributed by atoms with Gasteiger partial charge < -0.3 is 4.90 Å². The number of aromatic nitrogens is 2. The van der Waals surface area contributed by atoms with Crippen LogP contribution in [0.3, 0.4) is 0 Å². The lowest BCUT2D eigenvalue weighted by Crippen LogP contribution is -2.34. The molecule has 2 fully saturated rings. The third-order valence-corrected chi connectivity index (χ3v) is 4.88. The topological polar surface area (TPSA) is 29.0 Å². The van der Waals surface area contributed by atoms with Crippen molar-refractivity contribution >= 4 is 17.4 Å². The zero-order valence-corrected chi connectivity index (χ0v) is 12.6. The molecule has 0 spiro atoms. The SMILES string of the molecule is CCC1CCN(c2nc(C3CC3)nc(Cl)c2C)CC1.